The summed E-state index contributed by atoms with van der Waals surface area (Å²) in [7, 11) is -4.70. The molecule has 0 radical (unpaired) electrons. The molecule has 0 heterocycles. The monoisotopic (exact) mass is 449 g/mol. The van der Waals surface area contributed by atoms with Crippen LogP contribution in [0, 0.1) is 0 Å². The fourth-order valence-electron chi connectivity index (χ4n) is 3.19. The molecule has 7 nitrogen and oxygen atoms in total. The van der Waals surface area contributed by atoms with Crippen molar-refractivity contribution in [2.45, 2.75) is 115 Å². The molecule has 0 saturated carbocycles. The molecule has 0 rings (SSSR count). The average molecular weight is 450 g/mol. The third kappa shape index (κ3) is 16.6. The van der Waals surface area contributed by atoms with E-state index < -0.39 is 33.7 Å². The van der Waals surface area contributed by atoms with Crippen LogP contribution in [0.5, 0.6) is 0 Å². The molecular weight excluding hydrogens is 406 g/mol. The lowest BCUT2D eigenvalue weighted by Crippen LogP contribution is -2.38. The first kappa shape index (κ1) is 28.9. The van der Waals surface area contributed by atoms with E-state index in [4.69, 9.17) is 4.74 Å². The van der Waals surface area contributed by atoms with Gasteiger partial charge in [0.1, 0.15) is 0 Å². The Hall–Kier alpha value is -1.15. The van der Waals surface area contributed by atoms with E-state index in [9.17, 15) is 22.6 Å². The molecule has 1 amide bonds. The van der Waals surface area contributed by atoms with Gasteiger partial charge < -0.3 is 10.1 Å². The Bertz CT molecular complexity index is 550. The quantitative estimate of drug-likeness (QED) is 0.157. The predicted molar refractivity (Wildman–Crippen MR) is 120 cm³/mol. The molecule has 0 spiro atoms. The van der Waals surface area contributed by atoms with Crippen LogP contribution in [-0.4, -0.2) is 43.2 Å². The largest absolute Gasteiger partial charge is 0.465 e. The fourth-order valence-corrected chi connectivity index (χ4v) is 3.86. The number of carbonyl (C=O) groups is 2. The molecular formula is C22H43NO6S. The maximum Gasteiger partial charge on any atom is 0.327 e. The first-order chi connectivity index (χ1) is 14.3. The third-order valence-electron chi connectivity index (χ3n) is 5.09. The lowest BCUT2D eigenvalue weighted by molar-refractivity contribution is -0.144. The lowest BCUT2D eigenvalue weighted by Gasteiger charge is -2.13. The van der Waals surface area contributed by atoms with Gasteiger partial charge in [0, 0.05) is 6.54 Å². The summed E-state index contributed by atoms with van der Waals surface area (Å²) in [6.45, 7) is 4.84. The minimum absolute atomic E-state index is 0.0964. The zero-order valence-electron chi connectivity index (χ0n) is 19.0. The van der Waals surface area contributed by atoms with Crippen molar-refractivity contribution in [3.8, 4) is 0 Å². The van der Waals surface area contributed by atoms with Crippen LogP contribution in [0.15, 0.2) is 0 Å². The highest BCUT2D eigenvalue weighted by atomic mass is 32.2. The van der Waals surface area contributed by atoms with E-state index in [2.05, 4.69) is 19.2 Å². The van der Waals surface area contributed by atoms with Crippen molar-refractivity contribution < 1.29 is 27.3 Å². The molecule has 0 aromatic carbocycles. The molecule has 1 unspecified atom stereocenters. The Kier molecular flexibility index (Phi) is 17.9. The number of hydrogen-bond donors (Lipinski definition) is 2. The third-order valence-corrected chi connectivity index (χ3v) is 6.17. The summed E-state index contributed by atoms with van der Waals surface area (Å²) < 4.78 is 37.4. The maximum absolute atomic E-state index is 12.1. The summed E-state index contributed by atoms with van der Waals surface area (Å²) in [5.74, 6) is -1.63. The second kappa shape index (κ2) is 18.6. The van der Waals surface area contributed by atoms with Gasteiger partial charge in [0.2, 0.25) is 5.91 Å². The molecule has 0 aromatic heterocycles. The van der Waals surface area contributed by atoms with Crippen molar-refractivity contribution >= 4 is 22.0 Å². The minimum atomic E-state index is -4.70. The van der Waals surface area contributed by atoms with E-state index in [-0.39, 0.29) is 6.61 Å². The van der Waals surface area contributed by atoms with Gasteiger partial charge >= 0.3 is 5.97 Å². The summed E-state index contributed by atoms with van der Waals surface area (Å²) in [4.78, 5) is 24.0. The molecule has 0 aromatic rings. The highest BCUT2D eigenvalue weighted by molar-refractivity contribution is 7.87. The maximum atomic E-state index is 12.1. The van der Waals surface area contributed by atoms with Gasteiger partial charge in [0.05, 0.1) is 13.0 Å². The van der Waals surface area contributed by atoms with Crippen molar-refractivity contribution in [2.24, 2.45) is 0 Å². The first-order valence-electron chi connectivity index (χ1n) is 11.7. The number of nitrogens with one attached hydrogen (secondary N) is 1. The standard InChI is InChI=1S/C22H43NO6S/c1-3-5-7-9-11-12-14-16-18-29-22(25)20(30(26,27)28)19-21(24)23-17-15-13-10-8-6-4-2/h20H,3-19H2,1-2H3,(H,23,24)(H,26,27,28). The fraction of sp³-hybridized carbons (Fsp3) is 0.909. The first-order valence-corrected chi connectivity index (χ1v) is 13.2. The van der Waals surface area contributed by atoms with Gasteiger partial charge in [-0.05, 0) is 12.8 Å². The Balaban J connectivity index is 4.08. The number of rotatable bonds is 20. The van der Waals surface area contributed by atoms with Crippen molar-refractivity contribution in [1.82, 2.24) is 5.32 Å². The van der Waals surface area contributed by atoms with Gasteiger partial charge in [-0.2, -0.15) is 8.42 Å². The normalized spacial score (nSPS) is 12.5. The van der Waals surface area contributed by atoms with Gasteiger partial charge in [-0.25, -0.2) is 0 Å². The Morgan fingerprint density at radius 3 is 1.77 bits per heavy atom. The Morgan fingerprint density at radius 1 is 0.800 bits per heavy atom. The average Bonchev–Trinajstić information content (AvgIpc) is 2.69. The van der Waals surface area contributed by atoms with E-state index in [1.807, 2.05) is 0 Å². The summed E-state index contributed by atoms with van der Waals surface area (Å²) in [6, 6.07) is 0. The SMILES string of the molecule is CCCCCCCCCCOC(=O)C(CC(=O)NCCCCCCCC)S(=O)(=O)O. The van der Waals surface area contributed by atoms with E-state index in [0.717, 1.165) is 38.5 Å². The van der Waals surface area contributed by atoms with E-state index >= 15 is 0 Å². The van der Waals surface area contributed by atoms with Crippen LogP contribution in [0.1, 0.15) is 110 Å². The molecule has 1 atom stereocenters. The Labute approximate surface area is 183 Å². The van der Waals surface area contributed by atoms with Gasteiger partial charge in [-0.15, -0.1) is 0 Å². The molecule has 0 aliphatic carbocycles. The van der Waals surface area contributed by atoms with E-state index in [0.29, 0.717) is 13.0 Å². The second-order valence-corrected chi connectivity index (χ2v) is 9.57. The predicted octanol–water partition coefficient (Wildman–Crippen LogP) is 4.79. The topological polar surface area (TPSA) is 110 Å². The zero-order valence-corrected chi connectivity index (χ0v) is 19.8. The van der Waals surface area contributed by atoms with E-state index in [1.165, 1.54) is 44.9 Å². The van der Waals surface area contributed by atoms with Gasteiger partial charge in [0.25, 0.3) is 10.1 Å². The van der Waals surface area contributed by atoms with Crippen molar-refractivity contribution in [3.63, 3.8) is 0 Å². The Morgan fingerprint density at radius 2 is 1.27 bits per heavy atom. The number of carbonyl (C=O) groups excluding carboxylic acids is 2. The smallest absolute Gasteiger partial charge is 0.327 e. The van der Waals surface area contributed by atoms with E-state index in [1.54, 1.807) is 0 Å². The minimum Gasteiger partial charge on any atom is -0.465 e. The van der Waals surface area contributed by atoms with Crippen LogP contribution in [0.2, 0.25) is 0 Å². The van der Waals surface area contributed by atoms with Gasteiger partial charge in [-0.1, -0.05) is 90.9 Å². The molecule has 2 N–H and O–H groups in total. The number of ether oxygens (including phenoxy) is 1. The summed E-state index contributed by atoms with van der Waals surface area (Å²) in [5.41, 5.74) is 0. The number of unbranched alkanes of at least 4 members (excludes halogenated alkanes) is 12. The van der Waals surface area contributed by atoms with Crippen molar-refractivity contribution in [2.75, 3.05) is 13.2 Å². The number of esters is 1. The van der Waals surface area contributed by atoms with Crippen molar-refractivity contribution in [3.05, 3.63) is 0 Å². The van der Waals surface area contributed by atoms with Crippen LogP contribution in [0.4, 0.5) is 0 Å². The summed E-state index contributed by atoms with van der Waals surface area (Å²) in [5, 5.41) is 0.749. The van der Waals surface area contributed by atoms with Crippen LogP contribution in [0.3, 0.4) is 0 Å². The lowest BCUT2D eigenvalue weighted by atomic mass is 10.1. The molecule has 30 heavy (non-hydrogen) atoms. The molecule has 8 heteroatoms. The van der Waals surface area contributed by atoms with Crippen LogP contribution < -0.4 is 5.32 Å². The van der Waals surface area contributed by atoms with Crippen LogP contribution >= 0.6 is 0 Å². The highest BCUT2D eigenvalue weighted by Gasteiger charge is 2.34. The molecule has 0 bridgehead atoms. The van der Waals surface area contributed by atoms with Crippen molar-refractivity contribution in [1.29, 1.82) is 0 Å². The molecule has 0 fully saturated rings. The molecule has 0 aliphatic rings. The summed E-state index contributed by atoms with van der Waals surface area (Å²) in [6.07, 6.45) is 14.4. The zero-order chi connectivity index (χ0) is 22.7. The molecule has 178 valence electrons. The number of hydrogen-bond acceptors (Lipinski definition) is 5. The molecule has 0 aliphatic heterocycles. The van der Waals surface area contributed by atoms with Crippen LogP contribution in [0.25, 0.3) is 0 Å². The van der Waals surface area contributed by atoms with Crippen LogP contribution in [-0.2, 0) is 24.4 Å². The van der Waals surface area contributed by atoms with Gasteiger partial charge in [0.15, 0.2) is 5.25 Å². The number of amides is 1. The second-order valence-electron chi connectivity index (χ2n) is 7.97. The van der Waals surface area contributed by atoms with Gasteiger partial charge in [-0.3, -0.25) is 14.1 Å². The summed E-state index contributed by atoms with van der Waals surface area (Å²) >= 11 is 0. The highest BCUT2D eigenvalue weighted by Crippen LogP contribution is 2.11. The molecule has 0 saturated heterocycles.